The van der Waals surface area contributed by atoms with Crippen molar-refractivity contribution in [2.24, 2.45) is 0 Å². The molecule has 2 aliphatic heterocycles. The quantitative estimate of drug-likeness (QED) is 0.840. The summed E-state index contributed by atoms with van der Waals surface area (Å²) in [6.07, 6.45) is 1.37. The first-order chi connectivity index (χ1) is 9.81. The van der Waals surface area contributed by atoms with Crippen molar-refractivity contribution in [2.75, 3.05) is 26.3 Å². The monoisotopic (exact) mass is 276 g/mol. The van der Waals surface area contributed by atoms with E-state index in [9.17, 15) is 4.79 Å². The van der Waals surface area contributed by atoms with Crippen LogP contribution in [-0.2, 0) is 16.0 Å². The molecule has 2 unspecified atom stereocenters. The van der Waals surface area contributed by atoms with E-state index in [4.69, 9.17) is 9.47 Å². The van der Waals surface area contributed by atoms with Gasteiger partial charge in [-0.1, -0.05) is 18.2 Å². The van der Waals surface area contributed by atoms with Gasteiger partial charge in [-0.3, -0.25) is 4.79 Å². The van der Waals surface area contributed by atoms with Crippen molar-refractivity contribution >= 4 is 5.91 Å². The average Bonchev–Trinajstić information content (AvgIpc) is 2.89. The number of hydrogen-bond donors (Lipinski definition) is 2. The van der Waals surface area contributed by atoms with Crippen LogP contribution in [0.3, 0.4) is 0 Å². The lowest BCUT2D eigenvalue weighted by Crippen LogP contribution is -2.45. The van der Waals surface area contributed by atoms with Crippen LogP contribution >= 0.6 is 0 Å². The second-order valence-corrected chi connectivity index (χ2v) is 5.29. The van der Waals surface area contributed by atoms with Crippen LogP contribution < -0.4 is 15.4 Å². The topological polar surface area (TPSA) is 59.6 Å². The molecule has 0 aromatic heterocycles. The van der Waals surface area contributed by atoms with E-state index in [2.05, 4.69) is 16.7 Å². The number of carbonyl (C=O) groups is 1. The molecule has 2 aliphatic rings. The number of hydrogen-bond acceptors (Lipinski definition) is 4. The molecule has 2 heterocycles. The third-order valence-electron chi connectivity index (χ3n) is 3.67. The van der Waals surface area contributed by atoms with Gasteiger partial charge in [0.2, 0.25) is 5.91 Å². The zero-order valence-electron chi connectivity index (χ0n) is 11.4. The Kier molecular flexibility index (Phi) is 4.18. The van der Waals surface area contributed by atoms with E-state index >= 15 is 0 Å². The first-order valence-electron chi connectivity index (χ1n) is 7.13. The fourth-order valence-electron chi connectivity index (χ4n) is 2.64. The first kappa shape index (κ1) is 13.4. The Labute approximate surface area is 118 Å². The van der Waals surface area contributed by atoms with Crippen LogP contribution in [0.2, 0.25) is 0 Å². The number of para-hydroxylation sites is 1. The number of ether oxygens (including phenoxy) is 2. The summed E-state index contributed by atoms with van der Waals surface area (Å²) in [5, 5.41) is 6.22. The maximum atomic E-state index is 11.9. The van der Waals surface area contributed by atoms with E-state index in [1.807, 2.05) is 18.2 Å². The summed E-state index contributed by atoms with van der Waals surface area (Å²) in [7, 11) is 0. The Morgan fingerprint density at radius 1 is 1.40 bits per heavy atom. The molecule has 2 atom stereocenters. The highest BCUT2D eigenvalue weighted by atomic mass is 16.5. The Bertz CT molecular complexity index is 447. The summed E-state index contributed by atoms with van der Waals surface area (Å²) in [4.78, 5) is 11.9. The molecular formula is C15H20N2O3. The molecule has 1 aromatic rings. The van der Waals surface area contributed by atoms with E-state index in [-0.39, 0.29) is 18.1 Å². The minimum Gasteiger partial charge on any atom is -0.488 e. The van der Waals surface area contributed by atoms with Gasteiger partial charge in [-0.2, -0.15) is 0 Å². The molecule has 0 saturated carbocycles. The fraction of sp³-hybridized carbons (Fsp3) is 0.533. The van der Waals surface area contributed by atoms with Crippen molar-refractivity contribution in [3.63, 3.8) is 0 Å². The van der Waals surface area contributed by atoms with Crippen LogP contribution in [0.5, 0.6) is 5.75 Å². The lowest BCUT2D eigenvalue weighted by atomic mass is 10.1. The highest BCUT2D eigenvalue weighted by Crippen LogP contribution is 2.27. The normalized spacial score (nSPS) is 24.8. The number of carbonyl (C=O) groups excluding carboxylic acids is 1. The van der Waals surface area contributed by atoms with Crippen LogP contribution in [0.15, 0.2) is 24.3 Å². The summed E-state index contributed by atoms with van der Waals surface area (Å²) in [5.41, 5.74) is 1.22. The third kappa shape index (κ3) is 3.29. The SMILES string of the molecule is O=C(CC1COCCN1)NCC1Cc2ccccc2O1. The van der Waals surface area contributed by atoms with Crippen LogP contribution in [-0.4, -0.2) is 44.4 Å². The van der Waals surface area contributed by atoms with Crippen molar-refractivity contribution in [1.82, 2.24) is 10.6 Å². The van der Waals surface area contributed by atoms with E-state index in [0.717, 1.165) is 25.3 Å². The molecule has 1 saturated heterocycles. The number of amides is 1. The smallest absolute Gasteiger partial charge is 0.221 e. The van der Waals surface area contributed by atoms with Gasteiger partial charge in [0.15, 0.2) is 0 Å². The van der Waals surface area contributed by atoms with Crippen LogP contribution in [0.25, 0.3) is 0 Å². The zero-order chi connectivity index (χ0) is 13.8. The Morgan fingerprint density at radius 3 is 3.10 bits per heavy atom. The number of rotatable bonds is 4. The molecule has 20 heavy (non-hydrogen) atoms. The number of morpholine rings is 1. The highest BCUT2D eigenvalue weighted by Gasteiger charge is 2.23. The Hall–Kier alpha value is -1.59. The number of fused-ring (bicyclic) bond motifs is 1. The van der Waals surface area contributed by atoms with Crippen LogP contribution in [0.4, 0.5) is 0 Å². The zero-order valence-corrected chi connectivity index (χ0v) is 11.4. The highest BCUT2D eigenvalue weighted by molar-refractivity contribution is 5.76. The standard InChI is InChI=1S/C15H20N2O3/c18-15(8-12-10-19-6-5-16-12)17-9-13-7-11-3-1-2-4-14(11)20-13/h1-4,12-13,16H,5-10H2,(H,17,18). The maximum Gasteiger partial charge on any atom is 0.221 e. The Morgan fingerprint density at radius 2 is 2.30 bits per heavy atom. The predicted octanol–water partition coefficient (Wildman–Crippen LogP) is 0.485. The van der Waals surface area contributed by atoms with E-state index in [0.29, 0.717) is 19.6 Å². The fourth-order valence-corrected chi connectivity index (χ4v) is 2.64. The lowest BCUT2D eigenvalue weighted by molar-refractivity contribution is -0.122. The van der Waals surface area contributed by atoms with Crippen LogP contribution in [0.1, 0.15) is 12.0 Å². The summed E-state index contributed by atoms with van der Waals surface area (Å²) in [5.74, 6) is 0.988. The van der Waals surface area contributed by atoms with Crippen LogP contribution in [0, 0.1) is 0 Å². The van der Waals surface area contributed by atoms with Crippen molar-refractivity contribution in [3.8, 4) is 5.75 Å². The molecule has 2 N–H and O–H groups in total. The minimum atomic E-state index is 0.0481. The molecule has 1 amide bonds. The van der Waals surface area contributed by atoms with Crippen molar-refractivity contribution in [2.45, 2.75) is 25.0 Å². The summed E-state index contributed by atoms with van der Waals surface area (Å²) >= 11 is 0. The predicted molar refractivity (Wildman–Crippen MR) is 74.8 cm³/mol. The average molecular weight is 276 g/mol. The first-order valence-corrected chi connectivity index (χ1v) is 7.13. The van der Waals surface area contributed by atoms with E-state index in [1.54, 1.807) is 0 Å². The van der Waals surface area contributed by atoms with Gasteiger partial charge in [-0.25, -0.2) is 0 Å². The molecule has 1 aromatic carbocycles. The second-order valence-electron chi connectivity index (χ2n) is 5.29. The molecule has 0 radical (unpaired) electrons. The van der Waals surface area contributed by atoms with Gasteiger partial charge in [-0.05, 0) is 11.6 Å². The van der Waals surface area contributed by atoms with Crippen molar-refractivity contribution < 1.29 is 14.3 Å². The molecule has 1 fully saturated rings. The lowest BCUT2D eigenvalue weighted by Gasteiger charge is -2.23. The summed E-state index contributed by atoms with van der Waals surface area (Å²) in [6.45, 7) is 2.71. The minimum absolute atomic E-state index is 0.0481. The Balaban J connectivity index is 1.41. The number of nitrogens with one attached hydrogen (secondary N) is 2. The van der Waals surface area contributed by atoms with E-state index in [1.165, 1.54) is 5.56 Å². The molecule has 5 nitrogen and oxygen atoms in total. The third-order valence-corrected chi connectivity index (χ3v) is 3.67. The molecular weight excluding hydrogens is 256 g/mol. The van der Waals surface area contributed by atoms with Gasteiger partial charge in [-0.15, -0.1) is 0 Å². The maximum absolute atomic E-state index is 11.9. The van der Waals surface area contributed by atoms with Gasteiger partial charge in [0, 0.05) is 25.4 Å². The van der Waals surface area contributed by atoms with Gasteiger partial charge in [0.05, 0.1) is 19.8 Å². The molecule has 0 bridgehead atoms. The molecule has 108 valence electrons. The van der Waals surface area contributed by atoms with Gasteiger partial charge in [0.25, 0.3) is 0 Å². The van der Waals surface area contributed by atoms with E-state index < -0.39 is 0 Å². The van der Waals surface area contributed by atoms with Gasteiger partial charge >= 0.3 is 0 Å². The molecule has 5 heteroatoms. The van der Waals surface area contributed by atoms with Crippen molar-refractivity contribution in [3.05, 3.63) is 29.8 Å². The van der Waals surface area contributed by atoms with Crippen molar-refractivity contribution in [1.29, 1.82) is 0 Å². The summed E-state index contributed by atoms with van der Waals surface area (Å²) in [6, 6.07) is 8.15. The van der Waals surface area contributed by atoms with Gasteiger partial charge in [0.1, 0.15) is 11.9 Å². The molecule has 0 aliphatic carbocycles. The largest absolute Gasteiger partial charge is 0.488 e. The molecule has 3 rings (SSSR count). The molecule has 0 spiro atoms. The van der Waals surface area contributed by atoms with Gasteiger partial charge < -0.3 is 20.1 Å². The number of benzene rings is 1. The second kappa shape index (κ2) is 6.24. The summed E-state index contributed by atoms with van der Waals surface area (Å²) < 4.78 is 11.1.